The van der Waals surface area contributed by atoms with Crippen LogP contribution in [0.3, 0.4) is 0 Å². The van der Waals surface area contributed by atoms with Gasteiger partial charge in [0, 0.05) is 18.5 Å². The van der Waals surface area contributed by atoms with E-state index in [1.807, 2.05) is 0 Å². The van der Waals surface area contributed by atoms with E-state index in [2.05, 4.69) is 16.1 Å². The summed E-state index contributed by atoms with van der Waals surface area (Å²) in [5.41, 5.74) is 0.461. The van der Waals surface area contributed by atoms with Gasteiger partial charge in [0.1, 0.15) is 0 Å². The highest BCUT2D eigenvalue weighted by Crippen LogP contribution is 2.31. The van der Waals surface area contributed by atoms with Gasteiger partial charge < -0.3 is 10.2 Å². The van der Waals surface area contributed by atoms with Gasteiger partial charge in [-0.2, -0.15) is 0 Å². The van der Waals surface area contributed by atoms with E-state index >= 15 is 0 Å². The Morgan fingerprint density at radius 1 is 1.18 bits per heavy atom. The Balaban J connectivity index is 1.78. The molecule has 1 heterocycles. The summed E-state index contributed by atoms with van der Waals surface area (Å²) < 4.78 is 0. The SMILES string of the molecule is C#CCCCCN1CCCNC2(CCCC2)C1. The topological polar surface area (TPSA) is 15.3 Å². The molecule has 0 aromatic carbocycles. The molecular weight excluding hydrogens is 208 g/mol. The molecule has 0 unspecified atom stereocenters. The van der Waals surface area contributed by atoms with Gasteiger partial charge in [0.2, 0.25) is 0 Å². The first kappa shape index (κ1) is 12.9. The third-order valence-corrected chi connectivity index (χ3v) is 4.28. The Labute approximate surface area is 106 Å². The summed E-state index contributed by atoms with van der Waals surface area (Å²) in [7, 11) is 0. The van der Waals surface area contributed by atoms with Gasteiger partial charge in [-0.1, -0.05) is 12.8 Å². The highest BCUT2D eigenvalue weighted by molar-refractivity contribution is 4.96. The summed E-state index contributed by atoms with van der Waals surface area (Å²) >= 11 is 0. The van der Waals surface area contributed by atoms with E-state index in [1.54, 1.807) is 0 Å². The van der Waals surface area contributed by atoms with Crippen molar-refractivity contribution in [2.24, 2.45) is 0 Å². The summed E-state index contributed by atoms with van der Waals surface area (Å²) in [6, 6.07) is 0. The predicted molar refractivity (Wildman–Crippen MR) is 72.9 cm³/mol. The van der Waals surface area contributed by atoms with Crippen LogP contribution in [0.1, 0.15) is 51.4 Å². The molecule has 0 amide bonds. The van der Waals surface area contributed by atoms with Gasteiger partial charge in [-0.3, -0.25) is 0 Å². The Hall–Kier alpha value is -0.520. The van der Waals surface area contributed by atoms with E-state index in [-0.39, 0.29) is 0 Å². The second-order valence-corrected chi connectivity index (χ2v) is 5.71. The van der Waals surface area contributed by atoms with Gasteiger partial charge >= 0.3 is 0 Å². The normalized spacial score (nSPS) is 24.6. The molecule has 1 spiro atoms. The minimum absolute atomic E-state index is 0.461. The maximum Gasteiger partial charge on any atom is 0.0308 e. The molecule has 17 heavy (non-hydrogen) atoms. The summed E-state index contributed by atoms with van der Waals surface area (Å²) in [6.07, 6.45) is 15.6. The molecule has 1 aliphatic carbocycles. The van der Waals surface area contributed by atoms with E-state index in [0.717, 1.165) is 6.42 Å². The molecule has 2 heteroatoms. The van der Waals surface area contributed by atoms with Crippen molar-refractivity contribution in [1.82, 2.24) is 10.2 Å². The lowest BCUT2D eigenvalue weighted by Gasteiger charge is -2.33. The molecule has 1 aliphatic heterocycles. The number of hydrogen-bond acceptors (Lipinski definition) is 2. The average Bonchev–Trinajstić information content (AvgIpc) is 2.68. The van der Waals surface area contributed by atoms with E-state index in [9.17, 15) is 0 Å². The molecule has 0 atom stereocenters. The summed E-state index contributed by atoms with van der Waals surface area (Å²) in [4.78, 5) is 2.67. The van der Waals surface area contributed by atoms with E-state index in [1.165, 1.54) is 71.1 Å². The van der Waals surface area contributed by atoms with Crippen LogP contribution in [0.2, 0.25) is 0 Å². The minimum atomic E-state index is 0.461. The lowest BCUT2D eigenvalue weighted by atomic mass is 9.97. The predicted octanol–water partition coefficient (Wildman–Crippen LogP) is 2.40. The van der Waals surface area contributed by atoms with Crippen LogP contribution in [-0.2, 0) is 0 Å². The van der Waals surface area contributed by atoms with Crippen LogP contribution in [0.15, 0.2) is 0 Å². The molecule has 2 rings (SSSR count). The van der Waals surface area contributed by atoms with Crippen molar-refractivity contribution >= 4 is 0 Å². The largest absolute Gasteiger partial charge is 0.310 e. The van der Waals surface area contributed by atoms with Gasteiger partial charge in [0.15, 0.2) is 0 Å². The Morgan fingerprint density at radius 2 is 2.00 bits per heavy atom. The maximum absolute atomic E-state index is 5.29. The van der Waals surface area contributed by atoms with Gasteiger partial charge in [-0.15, -0.1) is 12.3 Å². The summed E-state index contributed by atoms with van der Waals surface area (Å²) in [6.45, 7) is 4.99. The summed E-state index contributed by atoms with van der Waals surface area (Å²) in [5, 5.41) is 3.81. The number of nitrogens with zero attached hydrogens (tertiary/aromatic N) is 1. The van der Waals surface area contributed by atoms with Crippen molar-refractivity contribution in [3.8, 4) is 12.3 Å². The molecule has 0 aromatic rings. The molecule has 0 aromatic heterocycles. The second kappa shape index (κ2) is 6.42. The van der Waals surface area contributed by atoms with Crippen LogP contribution in [0.4, 0.5) is 0 Å². The van der Waals surface area contributed by atoms with Gasteiger partial charge in [-0.25, -0.2) is 0 Å². The van der Waals surface area contributed by atoms with E-state index < -0.39 is 0 Å². The van der Waals surface area contributed by atoms with Gasteiger partial charge in [-0.05, 0) is 51.7 Å². The zero-order valence-corrected chi connectivity index (χ0v) is 11.0. The third kappa shape index (κ3) is 3.72. The van der Waals surface area contributed by atoms with Crippen molar-refractivity contribution < 1.29 is 0 Å². The monoisotopic (exact) mass is 234 g/mol. The van der Waals surface area contributed by atoms with Crippen LogP contribution in [0.5, 0.6) is 0 Å². The fourth-order valence-corrected chi connectivity index (χ4v) is 3.36. The van der Waals surface area contributed by atoms with Crippen molar-refractivity contribution in [2.75, 3.05) is 26.2 Å². The van der Waals surface area contributed by atoms with Gasteiger partial charge in [0.25, 0.3) is 0 Å². The first-order chi connectivity index (χ1) is 8.35. The van der Waals surface area contributed by atoms with Gasteiger partial charge in [0.05, 0.1) is 0 Å². The standard InChI is InChI=1S/C15H26N2/c1-2-3-4-7-12-17-13-8-11-16-15(14-17)9-5-6-10-15/h1,16H,3-14H2. The highest BCUT2D eigenvalue weighted by atomic mass is 15.2. The number of hydrogen-bond donors (Lipinski definition) is 1. The number of rotatable bonds is 4. The molecule has 0 bridgehead atoms. The molecule has 1 N–H and O–H groups in total. The fraction of sp³-hybridized carbons (Fsp3) is 0.867. The number of terminal acetylenes is 1. The Morgan fingerprint density at radius 3 is 2.76 bits per heavy atom. The summed E-state index contributed by atoms with van der Waals surface area (Å²) in [5.74, 6) is 2.74. The first-order valence-corrected chi connectivity index (χ1v) is 7.26. The van der Waals surface area contributed by atoms with Crippen molar-refractivity contribution in [1.29, 1.82) is 0 Å². The molecule has 2 aliphatic rings. The molecule has 96 valence electrons. The molecule has 2 nitrogen and oxygen atoms in total. The number of nitrogens with one attached hydrogen (secondary N) is 1. The van der Waals surface area contributed by atoms with Crippen LogP contribution in [0, 0.1) is 12.3 Å². The quantitative estimate of drug-likeness (QED) is 0.593. The van der Waals surface area contributed by atoms with Crippen LogP contribution in [0.25, 0.3) is 0 Å². The molecular formula is C15H26N2. The lowest BCUT2D eigenvalue weighted by molar-refractivity contribution is 0.207. The molecule has 1 saturated carbocycles. The fourth-order valence-electron chi connectivity index (χ4n) is 3.36. The number of unbranched alkanes of at least 4 members (excludes halogenated alkanes) is 2. The Bertz CT molecular complexity index is 261. The smallest absolute Gasteiger partial charge is 0.0308 e. The maximum atomic E-state index is 5.29. The highest BCUT2D eigenvalue weighted by Gasteiger charge is 2.35. The lowest BCUT2D eigenvalue weighted by Crippen LogP contribution is -2.49. The molecule has 2 fully saturated rings. The minimum Gasteiger partial charge on any atom is -0.310 e. The third-order valence-electron chi connectivity index (χ3n) is 4.28. The zero-order valence-electron chi connectivity index (χ0n) is 11.0. The van der Waals surface area contributed by atoms with Crippen LogP contribution in [-0.4, -0.2) is 36.6 Å². The molecule has 1 saturated heterocycles. The first-order valence-electron chi connectivity index (χ1n) is 7.26. The van der Waals surface area contributed by atoms with Crippen molar-refractivity contribution in [3.63, 3.8) is 0 Å². The van der Waals surface area contributed by atoms with Crippen molar-refractivity contribution in [3.05, 3.63) is 0 Å². The van der Waals surface area contributed by atoms with E-state index in [4.69, 9.17) is 6.42 Å². The van der Waals surface area contributed by atoms with Crippen molar-refractivity contribution in [2.45, 2.75) is 56.9 Å². The Kier molecular flexibility index (Phi) is 4.88. The van der Waals surface area contributed by atoms with Crippen LogP contribution < -0.4 is 5.32 Å². The zero-order chi connectivity index (χ0) is 12.0. The average molecular weight is 234 g/mol. The second-order valence-electron chi connectivity index (χ2n) is 5.71. The van der Waals surface area contributed by atoms with E-state index in [0.29, 0.717) is 5.54 Å². The van der Waals surface area contributed by atoms with Crippen LogP contribution >= 0.6 is 0 Å². The molecule has 0 radical (unpaired) electrons.